The number of carbonyl (C=O) groups is 1. The maximum absolute atomic E-state index is 15.7. The number of hydrazine groups is 1. The number of benzene rings is 2. The Bertz CT molecular complexity index is 3090. The van der Waals surface area contributed by atoms with E-state index in [1.54, 1.807) is 18.4 Å². The van der Waals surface area contributed by atoms with Crippen LogP contribution in [0.3, 0.4) is 0 Å². The van der Waals surface area contributed by atoms with Gasteiger partial charge in [0.2, 0.25) is 0 Å². The second-order valence-corrected chi connectivity index (χ2v) is 26.5. The molecule has 0 spiro atoms. The maximum Gasteiger partial charge on any atom is 0.256 e. The summed E-state index contributed by atoms with van der Waals surface area (Å²) in [4.78, 5) is 34.1. The number of morpholine rings is 1. The third-order valence-electron chi connectivity index (χ3n) is 19.5. The van der Waals surface area contributed by atoms with Crippen LogP contribution >= 0.6 is 11.3 Å². The third kappa shape index (κ3) is 11.9. The number of carbonyl (C=O) groups excluding carboxylic acids is 1. The zero-order chi connectivity index (χ0) is 56.1. The molecule has 0 radical (unpaired) electrons. The molecule has 82 heavy (non-hydrogen) atoms. The quantitative estimate of drug-likeness (QED) is 0.0935. The van der Waals surface area contributed by atoms with Gasteiger partial charge in [-0.1, -0.05) is 69.0 Å². The van der Waals surface area contributed by atoms with Crippen LogP contribution in [-0.4, -0.2) is 181 Å². The van der Waals surface area contributed by atoms with Gasteiger partial charge in [0.25, 0.3) is 5.91 Å². The molecule has 16 nitrogen and oxygen atoms in total. The summed E-state index contributed by atoms with van der Waals surface area (Å²) in [5.74, 6) is 8.55. The van der Waals surface area contributed by atoms with E-state index in [0.29, 0.717) is 89.9 Å². The van der Waals surface area contributed by atoms with Gasteiger partial charge in [-0.05, 0) is 117 Å². The van der Waals surface area contributed by atoms with Gasteiger partial charge in [-0.2, -0.15) is 0 Å². The summed E-state index contributed by atoms with van der Waals surface area (Å²) in [5, 5.41) is 22.3. The molecule has 3 saturated carbocycles. The minimum Gasteiger partial charge on any atom is -0.381 e. The number of aliphatic hydroxyl groups excluding tert-OH is 1. The SMILES string of the molecule is CO[C@@H](C)c1ncc(C#CCN2CCN(C3CC3)CC2)cc1-c1c2c3cc(ccc3n1CCOC1CCOCC1)-c1csc(n1)[C@@H](N1CCOCC1)[C@H](NC[C@@H]1[C@@H](C)[C@H]1c1ccccc1)C(=O)N1N[C@@H](C3CC1C3)C(O)OCC(C)(C)C2. The van der Waals surface area contributed by atoms with E-state index in [-0.39, 0.29) is 42.7 Å². The standard InChI is InChI=1S/C65H85N9O7S/c1-41-53(56(41)44-11-7-6-8-12-44)38-67-59-61(72-24-29-79-30-25-72)62-68-54(39-82-62)45-13-16-55-50(35-45)52(36-65(3,4)40-81-64(76)58-46-33-48(34-46)74(69-58)63(59)75)60(73(55)26-31-80-49-17-27-78-28-18-49)51-32-43(37-66-57(51)42(2)77-5)10-9-19-70-20-22-71(23-21-70)47-14-15-47/h6-8,11-13,16,32,35,37,39,41-42,46-49,53,56,58-59,61,64,67,69,76H,14-15,17-31,33-34,36,38,40H2,1-5H3/t41-,42+,46?,48?,53-,56+,58+,59+,61+,64?/m1/s1. The van der Waals surface area contributed by atoms with E-state index in [1.807, 2.05) is 11.2 Å². The summed E-state index contributed by atoms with van der Waals surface area (Å²) in [6, 6.07) is 19.2. The number of thiazole rings is 1. The number of pyridine rings is 1. The molecule has 3 aliphatic carbocycles. The lowest BCUT2D eigenvalue weighted by atomic mass is 9.72. The van der Waals surface area contributed by atoms with Crippen LogP contribution in [0.5, 0.6) is 0 Å². The van der Waals surface area contributed by atoms with Crippen LogP contribution in [-0.2, 0) is 41.4 Å². The number of piperazine rings is 1. The number of aliphatic hydroxyl groups is 1. The van der Waals surface area contributed by atoms with Crippen molar-refractivity contribution in [2.45, 2.75) is 134 Å². The van der Waals surface area contributed by atoms with E-state index in [1.165, 1.54) is 18.4 Å². The molecule has 1 amide bonds. The highest BCUT2D eigenvalue weighted by atomic mass is 32.1. The fraction of sp³-hybridized carbons (Fsp3) is 0.615. The fourth-order valence-electron chi connectivity index (χ4n) is 14.3. The van der Waals surface area contributed by atoms with Gasteiger partial charge in [-0.15, -0.1) is 11.3 Å². The predicted molar refractivity (Wildman–Crippen MR) is 318 cm³/mol. The van der Waals surface area contributed by atoms with Gasteiger partial charge < -0.3 is 38.7 Å². The molecule has 14 rings (SSSR count). The molecular formula is C65H85N9O7S. The first-order valence-electron chi connectivity index (χ1n) is 30.8. The number of aromatic nitrogens is 3. The number of rotatable bonds is 14. The smallest absolute Gasteiger partial charge is 0.256 e. The first-order valence-corrected chi connectivity index (χ1v) is 31.6. The molecule has 3 N–H and O–H groups in total. The van der Waals surface area contributed by atoms with Crippen molar-refractivity contribution in [3.8, 4) is 34.4 Å². The van der Waals surface area contributed by atoms with Crippen LogP contribution in [0.25, 0.3) is 33.4 Å². The Balaban J connectivity index is 0.920. The van der Waals surface area contributed by atoms with Crippen molar-refractivity contribution in [1.82, 2.24) is 45.0 Å². The van der Waals surface area contributed by atoms with E-state index >= 15 is 4.79 Å². The van der Waals surface area contributed by atoms with Crippen LogP contribution in [0, 0.1) is 35.0 Å². The van der Waals surface area contributed by atoms with Gasteiger partial charge in [0.05, 0.1) is 74.3 Å². The van der Waals surface area contributed by atoms with Gasteiger partial charge in [0.1, 0.15) is 11.0 Å². The number of amides is 1. The number of hydrogen-bond donors (Lipinski definition) is 3. The van der Waals surface area contributed by atoms with Gasteiger partial charge >= 0.3 is 0 Å². The van der Waals surface area contributed by atoms with Gasteiger partial charge in [0, 0.05) is 117 Å². The maximum atomic E-state index is 15.7. The van der Waals surface area contributed by atoms with Crippen molar-refractivity contribution in [1.29, 1.82) is 0 Å². The highest BCUT2D eigenvalue weighted by Crippen LogP contribution is 2.53. The second kappa shape index (κ2) is 24.4. The number of nitrogens with one attached hydrogen (secondary N) is 2. The van der Waals surface area contributed by atoms with Crippen molar-refractivity contribution in [2.75, 3.05) is 99.1 Å². The van der Waals surface area contributed by atoms with Crippen molar-refractivity contribution in [2.24, 2.45) is 23.2 Å². The average molecular weight is 1140 g/mol. The van der Waals surface area contributed by atoms with E-state index in [2.05, 4.69) is 130 Å². The van der Waals surface area contributed by atoms with Crippen molar-refractivity contribution >= 4 is 28.1 Å². The van der Waals surface area contributed by atoms with Gasteiger partial charge in [0.15, 0.2) is 6.29 Å². The van der Waals surface area contributed by atoms with E-state index in [4.69, 9.17) is 33.7 Å². The predicted octanol–water partition coefficient (Wildman–Crippen LogP) is 7.65. The number of hydrogen-bond acceptors (Lipinski definition) is 15. The first-order chi connectivity index (χ1) is 40.0. The Labute approximate surface area is 488 Å². The van der Waals surface area contributed by atoms with Crippen LogP contribution in [0.1, 0.15) is 112 Å². The van der Waals surface area contributed by atoms with Gasteiger partial charge in [-0.25, -0.2) is 10.4 Å². The molecular weight excluding hydrogens is 1050 g/mol. The van der Waals surface area contributed by atoms with Gasteiger partial charge in [-0.3, -0.25) is 29.5 Å². The Hall–Kier alpha value is -4.65. The summed E-state index contributed by atoms with van der Waals surface area (Å²) in [5.41, 5.74) is 12.3. The molecule has 2 aromatic carbocycles. The molecule has 8 bridgehead atoms. The monoisotopic (exact) mass is 1140 g/mol. The summed E-state index contributed by atoms with van der Waals surface area (Å²) < 4.78 is 33.7. The Morgan fingerprint density at radius 1 is 0.951 bits per heavy atom. The second-order valence-electron chi connectivity index (χ2n) is 25.6. The summed E-state index contributed by atoms with van der Waals surface area (Å²) >= 11 is 1.63. The minimum absolute atomic E-state index is 0.0192. The first kappa shape index (κ1) is 56.5. The highest BCUT2D eigenvalue weighted by Gasteiger charge is 2.53. The molecule has 9 heterocycles. The number of nitrogens with zero attached hydrogens (tertiary/aromatic N) is 7. The van der Waals surface area contributed by atoms with E-state index < -0.39 is 23.8 Å². The van der Waals surface area contributed by atoms with Crippen molar-refractivity contribution < 1.29 is 33.6 Å². The third-order valence-corrected chi connectivity index (χ3v) is 20.4. The Kier molecular flexibility index (Phi) is 16.8. The number of ether oxygens (including phenoxy) is 5. The van der Waals surface area contributed by atoms with Crippen LogP contribution in [0.4, 0.5) is 0 Å². The molecule has 9 aliphatic rings. The number of methoxy groups -OCH3 is 1. The van der Waals surface area contributed by atoms with Crippen molar-refractivity contribution in [3.05, 3.63) is 93.6 Å². The fourth-order valence-corrected chi connectivity index (χ4v) is 15.3. The molecule has 3 aromatic heterocycles. The molecule has 5 saturated heterocycles. The molecule has 6 aliphatic heterocycles. The normalized spacial score (nSPS) is 29.7. The molecule has 17 heteroatoms. The number of fused-ring (bicyclic) bond motifs is 4. The van der Waals surface area contributed by atoms with Crippen LogP contribution in [0.15, 0.2) is 66.2 Å². The zero-order valence-corrected chi connectivity index (χ0v) is 49.6. The average Bonchev–Trinajstić information content (AvgIpc) is 3.55. The molecule has 1 unspecified atom stereocenters. The topological polar surface area (TPSA) is 151 Å². The van der Waals surface area contributed by atoms with E-state index in [9.17, 15) is 5.11 Å². The highest BCUT2D eigenvalue weighted by molar-refractivity contribution is 7.10. The van der Waals surface area contributed by atoms with Crippen molar-refractivity contribution in [3.63, 3.8) is 0 Å². The Morgan fingerprint density at radius 2 is 1.73 bits per heavy atom. The lowest BCUT2D eigenvalue weighted by Gasteiger charge is -2.55. The molecule has 8 fully saturated rings. The zero-order valence-electron chi connectivity index (χ0n) is 48.8. The lowest BCUT2D eigenvalue weighted by molar-refractivity contribution is -0.200. The van der Waals surface area contributed by atoms with Crippen LogP contribution in [0.2, 0.25) is 0 Å². The van der Waals surface area contributed by atoms with Crippen LogP contribution < -0.4 is 10.7 Å². The summed E-state index contributed by atoms with van der Waals surface area (Å²) in [6.45, 7) is 19.9. The molecule has 438 valence electrons. The summed E-state index contributed by atoms with van der Waals surface area (Å²) in [7, 11) is 1.75. The Morgan fingerprint density at radius 3 is 2.50 bits per heavy atom. The van der Waals surface area contributed by atoms with E-state index in [0.717, 1.165) is 113 Å². The molecule has 8 atom stereocenters. The minimum atomic E-state index is -1.15. The lowest BCUT2D eigenvalue weighted by Crippen LogP contribution is -2.72. The molecule has 5 aromatic rings. The largest absolute Gasteiger partial charge is 0.381 e. The summed E-state index contributed by atoms with van der Waals surface area (Å²) in [6.07, 6.45) is 7.23.